The lowest BCUT2D eigenvalue weighted by molar-refractivity contribution is 0.300. The molecule has 21 heavy (non-hydrogen) atoms. The number of halogens is 1. The molecule has 1 aromatic heterocycles. The molecule has 0 unspecified atom stereocenters. The summed E-state index contributed by atoms with van der Waals surface area (Å²) in [5.74, 6) is -0.460. The van der Waals surface area contributed by atoms with Gasteiger partial charge in [0.25, 0.3) is 0 Å². The summed E-state index contributed by atoms with van der Waals surface area (Å²) in [6.07, 6.45) is 0. The van der Waals surface area contributed by atoms with Crippen LogP contribution in [0.5, 0.6) is 0 Å². The van der Waals surface area contributed by atoms with Crippen LogP contribution in [0.2, 0.25) is 0 Å². The Balaban J connectivity index is 2.11. The average Bonchev–Trinajstić information content (AvgIpc) is 2.93. The lowest BCUT2D eigenvalue weighted by Crippen LogP contribution is -2.34. The Labute approximate surface area is 128 Å². The molecule has 0 radical (unpaired) electrons. The number of benzene rings is 1. The average molecular weight is 328 g/mol. The molecule has 0 aliphatic carbocycles. The van der Waals surface area contributed by atoms with E-state index in [-0.39, 0.29) is 17.5 Å². The summed E-state index contributed by atoms with van der Waals surface area (Å²) in [6.45, 7) is 0.253. The van der Waals surface area contributed by atoms with Gasteiger partial charge in [0.05, 0.1) is 4.90 Å². The van der Waals surface area contributed by atoms with Crippen LogP contribution < -0.4 is 4.72 Å². The van der Waals surface area contributed by atoms with Crippen LogP contribution in [0.4, 0.5) is 4.39 Å². The molecule has 1 aromatic carbocycles. The lowest BCUT2D eigenvalue weighted by Gasteiger charge is -2.24. The van der Waals surface area contributed by atoms with Gasteiger partial charge in [-0.05, 0) is 60.8 Å². The first-order valence-corrected chi connectivity index (χ1v) is 8.76. The molecule has 0 amide bonds. The molecule has 114 valence electrons. The van der Waals surface area contributed by atoms with Crippen LogP contribution in [-0.2, 0) is 10.0 Å². The molecule has 0 fully saturated rings. The largest absolute Gasteiger partial charge is 0.301 e. The first-order chi connectivity index (χ1) is 9.90. The molecule has 4 nitrogen and oxygen atoms in total. The number of rotatable bonds is 6. The van der Waals surface area contributed by atoms with Gasteiger partial charge in [0, 0.05) is 12.6 Å². The molecule has 1 heterocycles. The zero-order valence-corrected chi connectivity index (χ0v) is 13.4. The van der Waals surface area contributed by atoms with E-state index < -0.39 is 15.8 Å². The van der Waals surface area contributed by atoms with Crippen LogP contribution >= 0.6 is 11.3 Å². The highest BCUT2D eigenvalue weighted by Crippen LogP contribution is 2.21. The minimum Gasteiger partial charge on any atom is -0.301 e. The van der Waals surface area contributed by atoms with Crippen molar-refractivity contribution in [2.24, 2.45) is 0 Å². The Hall–Kier alpha value is -1.28. The van der Waals surface area contributed by atoms with Gasteiger partial charge in [-0.1, -0.05) is 0 Å². The molecule has 2 rings (SSSR count). The van der Waals surface area contributed by atoms with Crippen molar-refractivity contribution in [2.45, 2.75) is 10.9 Å². The highest BCUT2D eigenvalue weighted by Gasteiger charge is 2.19. The van der Waals surface area contributed by atoms with Crippen molar-refractivity contribution in [3.8, 4) is 0 Å². The molecule has 0 aliphatic rings. The third-order valence-corrected chi connectivity index (χ3v) is 5.28. The SMILES string of the molecule is CN(C)[C@@H](CNS(=O)(=O)c1ccc(F)cc1)c1ccsc1. The molecule has 0 spiro atoms. The lowest BCUT2D eigenvalue weighted by atomic mass is 10.1. The van der Waals surface area contributed by atoms with Gasteiger partial charge in [-0.25, -0.2) is 17.5 Å². The van der Waals surface area contributed by atoms with Gasteiger partial charge in [-0.2, -0.15) is 11.3 Å². The second-order valence-electron chi connectivity index (χ2n) is 4.84. The maximum Gasteiger partial charge on any atom is 0.240 e. The van der Waals surface area contributed by atoms with Gasteiger partial charge in [0.1, 0.15) is 5.82 Å². The van der Waals surface area contributed by atoms with Crippen LogP contribution in [0.1, 0.15) is 11.6 Å². The van der Waals surface area contributed by atoms with Gasteiger partial charge in [0.15, 0.2) is 0 Å². The van der Waals surface area contributed by atoms with Crippen molar-refractivity contribution in [1.82, 2.24) is 9.62 Å². The monoisotopic (exact) mass is 328 g/mol. The maximum atomic E-state index is 12.9. The van der Waals surface area contributed by atoms with Gasteiger partial charge >= 0.3 is 0 Å². The Bertz CT molecular complexity index is 668. The molecule has 0 aliphatic heterocycles. The Morgan fingerprint density at radius 2 is 1.90 bits per heavy atom. The van der Waals surface area contributed by atoms with E-state index in [1.165, 1.54) is 12.1 Å². The van der Waals surface area contributed by atoms with E-state index in [1.54, 1.807) is 11.3 Å². The number of hydrogen-bond donors (Lipinski definition) is 1. The Morgan fingerprint density at radius 1 is 1.24 bits per heavy atom. The second-order valence-corrected chi connectivity index (χ2v) is 7.39. The minimum atomic E-state index is -3.64. The number of likely N-dealkylation sites (N-methyl/N-ethyl adjacent to an activating group) is 1. The van der Waals surface area contributed by atoms with Crippen molar-refractivity contribution in [1.29, 1.82) is 0 Å². The van der Waals surface area contributed by atoms with Crippen LogP contribution in [0.3, 0.4) is 0 Å². The fourth-order valence-electron chi connectivity index (χ4n) is 1.95. The summed E-state index contributed by atoms with van der Waals surface area (Å²) < 4.78 is 39.8. The molecule has 0 saturated heterocycles. The summed E-state index contributed by atoms with van der Waals surface area (Å²) in [5, 5.41) is 3.96. The van der Waals surface area contributed by atoms with Crippen molar-refractivity contribution in [2.75, 3.05) is 20.6 Å². The summed E-state index contributed by atoms with van der Waals surface area (Å²) in [6, 6.07) is 6.71. The summed E-state index contributed by atoms with van der Waals surface area (Å²) in [5.41, 5.74) is 1.06. The number of thiophene rings is 1. The maximum absolute atomic E-state index is 12.9. The topological polar surface area (TPSA) is 49.4 Å². The molecule has 7 heteroatoms. The van der Waals surface area contributed by atoms with Crippen LogP contribution in [-0.4, -0.2) is 34.0 Å². The van der Waals surface area contributed by atoms with Crippen molar-refractivity contribution in [3.05, 3.63) is 52.5 Å². The summed E-state index contributed by atoms with van der Waals surface area (Å²) in [7, 11) is 0.158. The Kier molecular flexibility index (Phi) is 5.10. The van der Waals surface area contributed by atoms with Crippen LogP contribution in [0.25, 0.3) is 0 Å². The zero-order chi connectivity index (χ0) is 15.5. The third-order valence-electron chi connectivity index (χ3n) is 3.14. The van der Waals surface area contributed by atoms with E-state index in [0.29, 0.717) is 0 Å². The van der Waals surface area contributed by atoms with Gasteiger partial charge in [-0.15, -0.1) is 0 Å². The molecule has 2 aromatic rings. The Morgan fingerprint density at radius 3 is 2.43 bits per heavy atom. The van der Waals surface area contributed by atoms with Gasteiger partial charge < -0.3 is 4.90 Å². The number of hydrogen-bond acceptors (Lipinski definition) is 4. The van der Waals surface area contributed by atoms with Crippen LogP contribution in [0, 0.1) is 5.82 Å². The fourth-order valence-corrected chi connectivity index (χ4v) is 3.69. The molecular weight excluding hydrogens is 311 g/mol. The van der Waals surface area contributed by atoms with E-state index in [4.69, 9.17) is 0 Å². The van der Waals surface area contributed by atoms with Gasteiger partial charge in [0.2, 0.25) is 10.0 Å². The highest BCUT2D eigenvalue weighted by molar-refractivity contribution is 7.89. The number of nitrogens with one attached hydrogen (secondary N) is 1. The summed E-state index contributed by atoms with van der Waals surface area (Å²) >= 11 is 1.57. The standard InChI is InChI=1S/C14H17FN2O2S2/c1-17(2)14(11-7-8-20-10-11)9-16-21(18,19)13-5-3-12(15)4-6-13/h3-8,10,14,16H,9H2,1-2H3/t14-/m0/s1. The summed E-state index contributed by atoms with van der Waals surface area (Å²) in [4.78, 5) is 2.02. The van der Waals surface area contributed by atoms with E-state index in [1.807, 2.05) is 35.8 Å². The van der Waals surface area contributed by atoms with Crippen molar-refractivity contribution < 1.29 is 12.8 Å². The minimum absolute atomic E-state index is 0.0496. The van der Waals surface area contributed by atoms with E-state index >= 15 is 0 Å². The zero-order valence-electron chi connectivity index (χ0n) is 11.8. The molecular formula is C14H17FN2O2S2. The van der Waals surface area contributed by atoms with Crippen LogP contribution in [0.15, 0.2) is 46.0 Å². The second kappa shape index (κ2) is 6.65. The van der Waals surface area contributed by atoms with Crippen molar-refractivity contribution >= 4 is 21.4 Å². The van der Waals surface area contributed by atoms with E-state index in [2.05, 4.69) is 4.72 Å². The molecule has 1 atom stereocenters. The predicted molar refractivity (Wildman–Crippen MR) is 82.3 cm³/mol. The van der Waals surface area contributed by atoms with E-state index in [0.717, 1.165) is 17.7 Å². The fraction of sp³-hybridized carbons (Fsp3) is 0.286. The third kappa shape index (κ3) is 4.10. The first-order valence-electron chi connectivity index (χ1n) is 6.34. The smallest absolute Gasteiger partial charge is 0.240 e. The van der Waals surface area contributed by atoms with Gasteiger partial charge in [-0.3, -0.25) is 0 Å². The normalized spacial score (nSPS) is 13.5. The highest BCUT2D eigenvalue weighted by atomic mass is 32.2. The van der Waals surface area contributed by atoms with E-state index in [9.17, 15) is 12.8 Å². The number of sulfonamides is 1. The first kappa shape index (κ1) is 16.1. The van der Waals surface area contributed by atoms with Crippen molar-refractivity contribution in [3.63, 3.8) is 0 Å². The quantitative estimate of drug-likeness (QED) is 0.886. The molecule has 0 bridgehead atoms. The molecule has 1 N–H and O–H groups in total. The number of nitrogens with zero attached hydrogens (tertiary/aromatic N) is 1. The predicted octanol–water partition coefficient (Wildman–Crippen LogP) is 2.47. The molecule has 0 saturated carbocycles.